The molecule has 0 heterocycles. The number of methoxy groups -OCH3 is 2. The van der Waals surface area contributed by atoms with Gasteiger partial charge in [0.15, 0.2) is 0 Å². The first kappa shape index (κ1) is 23.3. The molecule has 0 saturated heterocycles. The molecule has 0 spiro atoms. The van der Waals surface area contributed by atoms with Gasteiger partial charge in [-0.3, -0.25) is 0 Å². The first-order valence-corrected chi connectivity index (χ1v) is 7.98. The quantitative estimate of drug-likeness (QED) is 0.379. The van der Waals surface area contributed by atoms with E-state index in [1.807, 2.05) is 0 Å². The average Bonchev–Trinajstić information content (AvgIpc) is 2.61. The molecule has 0 saturated carbocycles. The van der Waals surface area contributed by atoms with Crippen LogP contribution in [0.2, 0.25) is 0 Å². The predicted molar refractivity (Wildman–Crippen MR) is 83.5 cm³/mol. The van der Waals surface area contributed by atoms with E-state index in [1.165, 1.54) is 44.6 Å². The molecule has 0 fully saturated rings. The molecular formula is C16H15NaO7S. The molecule has 0 bridgehead atoms. The van der Waals surface area contributed by atoms with Gasteiger partial charge in [-0.15, -0.1) is 0 Å². The number of hydrogen-bond acceptors (Lipinski definition) is 7. The van der Waals surface area contributed by atoms with Crippen molar-refractivity contribution in [1.82, 2.24) is 0 Å². The van der Waals surface area contributed by atoms with E-state index in [0.29, 0.717) is 11.1 Å². The SMILES string of the molecule is COC(=O)c1cccc(C(=O)OC)c1.O=S(=O)([O-])c1ccccc1.[Na+]. The Kier molecular flexibility index (Phi) is 10.3. The molecule has 0 unspecified atom stereocenters. The smallest absolute Gasteiger partial charge is 0.744 e. The van der Waals surface area contributed by atoms with Crippen molar-refractivity contribution in [2.45, 2.75) is 4.90 Å². The number of rotatable bonds is 3. The van der Waals surface area contributed by atoms with E-state index in [0.717, 1.165) is 0 Å². The minimum atomic E-state index is -4.25. The Morgan fingerprint density at radius 1 is 0.840 bits per heavy atom. The summed E-state index contributed by atoms with van der Waals surface area (Å²) in [5, 5.41) is 0. The molecule has 0 aliphatic rings. The minimum absolute atomic E-state index is 0. The first-order chi connectivity index (χ1) is 11.3. The zero-order valence-corrected chi connectivity index (χ0v) is 16.8. The molecule has 9 heteroatoms. The van der Waals surface area contributed by atoms with Crippen LogP contribution in [-0.2, 0) is 19.6 Å². The molecule has 128 valence electrons. The van der Waals surface area contributed by atoms with Crippen molar-refractivity contribution in [2.75, 3.05) is 14.2 Å². The van der Waals surface area contributed by atoms with E-state index >= 15 is 0 Å². The van der Waals surface area contributed by atoms with Crippen molar-refractivity contribution in [3.8, 4) is 0 Å². The van der Waals surface area contributed by atoms with Gasteiger partial charge in [-0.2, -0.15) is 0 Å². The second-order valence-corrected chi connectivity index (χ2v) is 5.71. The maximum Gasteiger partial charge on any atom is 1.00 e. The second-order valence-electron chi connectivity index (χ2n) is 4.33. The fourth-order valence-corrected chi connectivity index (χ4v) is 2.09. The molecule has 7 nitrogen and oxygen atoms in total. The number of carbonyl (C=O) groups is 2. The third-order valence-corrected chi connectivity index (χ3v) is 3.59. The summed E-state index contributed by atoms with van der Waals surface area (Å²) in [5.41, 5.74) is 0.658. The van der Waals surface area contributed by atoms with E-state index in [4.69, 9.17) is 0 Å². The molecule has 0 aliphatic carbocycles. The fraction of sp³-hybridized carbons (Fsp3) is 0.125. The fourth-order valence-electron chi connectivity index (χ4n) is 1.60. The number of benzene rings is 2. The van der Waals surface area contributed by atoms with E-state index in [2.05, 4.69) is 9.47 Å². The Morgan fingerprint density at radius 2 is 1.28 bits per heavy atom. The van der Waals surface area contributed by atoms with E-state index in [1.54, 1.807) is 24.3 Å². The summed E-state index contributed by atoms with van der Waals surface area (Å²) in [6, 6.07) is 13.3. The number of hydrogen-bond donors (Lipinski definition) is 0. The first-order valence-electron chi connectivity index (χ1n) is 6.57. The Labute approximate surface area is 168 Å². The van der Waals surface area contributed by atoms with Crippen molar-refractivity contribution in [2.24, 2.45) is 0 Å². The Balaban J connectivity index is 0.000000465. The van der Waals surface area contributed by atoms with Gasteiger partial charge in [0.25, 0.3) is 0 Å². The zero-order valence-electron chi connectivity index (χ0n) is 14.0. The molecule has 0 aromatic heterocycles. The van der Waals surface area contributed by atoms with Crippen LogP contribution in [0.1, 0.15) is 20.7 Å². The van der Waals surface area contributed by atoms with Crippen LogP contribution in [-0.4, -0.2) is 39.1 Å². The number of ether oxygens (including phenoxy) is 2. The molecule has 0 amide bonds. The van der Waals surface area contributed by atoms with Crippen molar-refractivity contribution < 1.29 is 61.6 Å². The van der Waals surface area contributed by atoms with Gasteiger partial charge in [0.1, 0.15) is 10.1 Å². The number of carbonyl (C=O) groups excluding carboxylic acids is 2. The third-order valence-electron chi connectivity index (χ3n) is 2.74. The third kappa shape index (κ3) is 7.80. The van der Waals surface area contributed by atoms with Gasteiger partial charge in [-0.1, -0.05) is 24.3 Å². The van der Waals surface area contributed by atoms with Crippen LogP contribution in [0.25, 0.3) is 0 Å². The van der Waals surface area contributed by atoms with Crippen LogP contribution < -0.4 is 29.6 Å². The Morgan fingerprint density at radius 3 is 1.60 bits per heavy atom. The Hall–Kier alpha value is -1.71. The largest absolute Gasteiger partial charge is 1.00 e. The van der Waals surface area contributed by atoms with E-state index in [9.17, 15) is 22.6 Å². The molecule has 2 rings (SSSR count). The van der Waals surface area contributed by atoms with Crippen LogP contribution in [0.5, 0.6) is 0 Å². The zero-order chi connectivity index (χ0) is 18.2. The summed E-state index contributed by atoms with van der Waals surface area (Å²) in [6.45, 7) is 0. The van der Waals surface area contributed by atoms with Gasteiger partial charge in [0, 0.05) is 0 Å². The topological polar surface area (TPSA) is 110 Å². The molecule has 25 heavy (non-hydrogen) atoms. The van der Waals surface area contributed by atoms with E-state index in [-0.39, 0.29) is 34.5 Å². The maximum atomic E-state index is 11.1. The summed E-state index contributed by atoms with van der Waals surface area (Å²) in [5.74, 6) is -0.952. The summed E-state index contributed by atoms with van der Waals surface area (Å²) in [4.78, 5) is 22.0. The molecule has 2 aromatic rings. The van der Waals surface area contributed by atoms with Crippen LogP contribution >= 0.6 is 0 Å². The van der Waals surface area contributed by atoms with Crippen LogP contribution in [0, 0.1) is 0 Å². The van der Waals surface area contributed by atoms with Gasteiger partial charge in [-0.05, 0) is 30.3 Å². The van der Waals surface area contributed by atoms with Crippen LogP contribution in [0.3, 0.4) is 0 Å². The standard InChI is InChI=1S/C10H10O4.C6H6O3S.Na/c1-13-9(11)7-4-3-5-8(6-7)10(12)14-2;7-10(8,9)6-4-2-1-3-5-6;/h3-6H,1-2H3;1-5H,(H,7,8,9);/q;;+1/p-1. The molecule has 0 N–H and O–H groups in total. The van der Waals surface area contributed by atoms with Gasteiger partial charge in [0.05, 0.1) is 30.2 Å². The molecular weight excluding hydrogens is 359 g/mol. The van der Waals surface area contributed by atoms with Gasteiger partial charge in [-0.25, -0.2) is 18.0 Å². The van der Waals surface area contributed by atoms with Crippen molar-refractivity contribution in [1.29, 1.82) is 0 Å². The molecule has 2 aromatic carbocycles. The van der Waals surface area contributed by atoms with Gasteiger partial charge >= 0.3 is 41.5 Å². The monoisotopic (exact) mass is 374 g/mol. The normalized spacial score (nSPS) is 9.72. The summed E-state index contributed by atoms with van der Waals surface area (Å²) in [7, 11) is -1.68. The van der Waals surface area contributed by atoms with Crippen molar-refractivity contribution in [3.05, 3.63) is 65.7 Å². The van der Waals surface area contributed by atoms with Crippen LogP contribution in [0.4, 0.5) is 0 Å². The predicted octanol–water partition coefficient (Wildman–Crippen LogP) is -1.15. The van der Waals surface area contributed by atoms with Gasteiger partial charge in [0.2, 0.25) is 0 Å². The summed E-state index contributed by atoms with van der Waals surface area (Å²) < 4.78 is 39.9. The maximum absolute atomic E-state index is 11.1. The van der Waals surface area contributed by atoms with Gasteiger partial charge < -0.3 is 14.0 Å². The number of esters is 2. The average molecular weight is 374 g/mol. The van der Waals surface area contributed by atoms with Crippen molar-refractivity contribution in [3.63, 3.8) is 0 Å². The molecule has 0 aliphatic heterocycles. The molecule has 0 radical (unpaired) electrons. The van der Waals surface area contributed by atoms with Crippen LogP contribution in [0.15, 0.2) is 59.5 Å². The van der Waals surface area contributed by atoms with Crippen molar-refractivity contribution >= 4 is 22.1 Å². The molecule has 0 atom stereocenters. The van der Waals surface area contributed by atoms with E-state index < -0.39 is 22.1 Å². The summed E-state index contributed by atoms with van der Waals surface area (Å²) >= 11 is 0. The Bertz CT molecular complexity index is 773. The second kappa shape index (κ2) is 11.0. The summed E-state index contributed by atoms with van der Waals surface area (Å²) in [6.07, 6.45) is 0. The minimum Gasteiger partial charge on any atom is -0.744 e.